The summed E-state index contributed by atoms with van der Waals surface area (Å²) >= 11 is 0. The minimum atomic E-state index is -3.75. The smallest absolute Gasteiger partial charge is 0.339 e. The first kappa shape index (κ1) is 14.8. The molecule has 1 aliphatic rings. The molecule has 2 N–H and O–H groups in total. The van der Waals surface area contributed by atoms with Crippen LogP contribution in [0.4, 0.5) is 5.69 Å². The van der Waals surface area contributed by atoms with Gasteiger partial charge >= 0.3 is 5.97 Å². The van der Waals surface area contributed by atoms with Crippen molar-refractivity contribution in [3.05, 3.63) is 23.8 Å². The zero-order valence-electron chi connectivity index (χ0n) is 11.5. The van der Waals surface area contributed by atoms with Crippen LogP contribution in [0.15, 0.2) is 23.1 Å². The lowest BCUT2D eigenvalue weighted by Crippen LogP contribution is -2.30. The number of nitrogens with zero attached hydrogens (tertiary/aromatic N) is 1. The highest BCUT2D eigenvalue weighted by Gasteiger charge is 2.31. The van der Waals surface area contributed by atoms with Crippen LogP contribution in [0, 0.1) is 5.92 Å². The van der Waals surface area contributed by atoms with Gasteiger partial charge in [-0.1, -0.05) is 0 Å². The summed E-state index contributed by atoms with van der Waals surface area (Å²) in [6.07, 6.45) is 2.08. The van der Waals surface area contributed by atoms with Crippen molar-refractivity contribution in [1.82, 2.24) is 4.31 Å². The van der Waals surface area contributed by atoms with Crippen LogP contribution >= 0.6 is 0 Å². The largest absolute Gasteiger partial charge is 0.465 e. The molecule has 1 aromatic rings. The number of benzene rings is 1. The van der Waals surface area contributed by atoms with Crippen molar-refractivity contribution in [2.24, 2.45) is 5.92 Å². The summed E-state index contributed by atoms with van der Waals surface area (Å²) in [6, 6.07) is 4.15. The first-order chi connectivity index (χ1) is 9.36. The van der Waals surface area contributed by atoms with Crippen LogP contribution in [0.3, 0.4) is 0 Å². The Balaban J connectivity index is 2.43. The Hall–Kier alpha value is -1.60. The molecule has 1 saturated carbocycles. The van der Waals surface area contributed by atoms with Crippen molar-refractivity contribution < 1.29 is 17.9 Å². The first-order valence-corrected chi connectivity index (χ1v) is 7.74. The summed E-state index contributed by atoms with van der Waals surface area (Å²) in [7, 11) is -1.03. The number of esters is 1. The second kappa shape index (κ2) is 5.41. The van der Waals surface area contributed by atoms with Crippen molar-refractivity contribution in [3.8, 4) is 0 Å². The Morgan fingerprint density at radius 2 is 2.10 bits per heavy atom. The van der Waals surface area contributed by atoms with Crippen LogP contribution in [0.2, 0.25) is 0 Å². The number of ether oxygens (including phenoxy) is 1. The van der Waals surface area contributed by atoms with Gasteiger partial charge in [0, 0.05) is 19.3 Å². The molecule has 1 aromatic carbocycles. The maximum atomic E-state index is 12.6. The molecule has 0 amide bonds. The average Bonchev–Trinajstić information content (AvgIpc) is 3.21. The van der Waals surface area contributed by atoms with Gasteiger partial charge in [-0.25, -0.2) is 17.5 Å². The Kier molecular flexibility index (Phi) is 4.01. The lowest BCUT2D eigenvalue weighted by Gasteiger charge is -2.18. The van der Waals surface area contributed by atoms with Crippen LogP contribution in [0.25, 0.3) is 0 Å². The maximum Gasteiger partial charge on any atom is 0.339 e. The van der Waals surface area contributed by atoms with Crippen LogP contribution in [-0.2, 0) is 14.8 Å². The standard InChI is InChI=1S/C13H18N2O4S/c1-15(8-9-3-4-9)20(17,18)12-7-10(14)5-6-11(12)13(16)19-2/h5-7,9H,3-4,8,14H2,1-2H3. The number of rotatable bonds is 5. The second-order valence-electron chi connectivity index (χ2n) is 4.98. The Morgan fingerprint density at radius 1 is 1.45 bits per heavy atom. The van der Waals surface area contributed by atoms with E-state index in [9.17, 15) is 13.2 Å². The fourth-order valence-electron chi connectivity index (χ4n) is 1.96. The van der Waals surface area contributed by atoms with E-state index in [4.69, 9.17) is 5.73 Å². The number of carbonyl (C=O) groups is 1. The first-order valence-electron chi connectivity index (χ1n) is 6.30. The third kappa shape index (κ3) is 2.94. The predicted octanol–water partition coefficient (Wildman–Crippen LogP) is 1.09. The van der Waals surface area contributed by atoms with Gasteiger partial charge in [0.15, 0.2) is 0 Å². The molecule has 0 spiro atoms. The van der Waals surface area contributed by atoms with Crippen molar-refractivity contribution in [3.63, 3.8) is 0 Å². The average molecular weight is 298 g/mol. The van der Waals surface area contributed by atoms with E-state index < -0.39 is 16.0 Å². The number of methoxy groups -OCH3 is 1. The summed E-state index contributed by atoms with van der Waals surface area (Å²) in [5.74, 6) is -0.277. The fourth-order valence-corrected chi connectivity index (χ4v) is 3.42. The molecule has 0 radical (unpaired) electrons. The van der Waals surface area contributed by atoms with Gasteiger partial charge in [-0.05, 0) is 37.0 Å². The van der Waals surface area contributed by atoms with Gasteiger partial charge in [0.1, 0.15) is 0 Å². The van der Waals surface area contributed by atoms with E-state index in [1.165, 1.54) is 36.7 Å². The molecular formula is C13H18N2O4S. The lowest BCUT2D eigenvalue weighted by molar-refractivity contribution is 0.0596. The zero-order valence-corrected chi connectivity index (χ0v) is 12.3. The molecule has 110 valence electrons. The van der Waals surface area contributed by atoms with Gasteiger partial charge in [-0.3, -0.25) is 0 Å². The summed E-state index contributed by atoms with van der Waals surface area (Å²) in [5, 5.41) is 0. The SMILES string of the molecule is COC(=O)c1ccc(N)cc1S(=O)(=O)N(C)CC1CC1. The highest BCUT2D eigenvalue weighted by atomic mass is 32.2. The molecule has 0 atom stereocenters. The maximum absolute atomic E-state index is 12.6. The number of nitrogen functional groups attached to an aromatic ring is 1. The Labute approximate surface area is 118 Å². The Morgan fingerprint density at radius 3 is 2.65 bits per heavy atom. The number of anilines is 1. The minimum Gasteiger partial charge on any atom is -0.465 e. The summed E-state index contributed by atoms with van der Waals surface area (Å²) in [4.78, 5) is 11.6. The van der Waals surface area contributed by atoms with E-state index >= 15 is 0 Å². The quantitative estimate of drug-likeness (QED) is 0.649. The third-order valence-corrected chi connectivity index (χ3v) is 5.17. The van der Waals surface area contributed by atoms with Crippen molar-refractivity contribution in [1.29, 1.82) is 0 Å². The third-order valence-electron chi connectivity index (χ3n) is 3.31. The highest BCUT2D eigenvalue weighted by Crippen LogP contribution is 2.31. The topological polar surface area (TPSA) is 89.7 Å². The van der Waals surface area contributed by atoms with E-state index in [2.05, 4.69) is 4.74 Å². The van der Waals surface area contributed by atoms with Crippen LogP contribution < -0.4 is 5.73 Å². The second-order valence-corrected chi connectivity index (χ2v) is 6.99. The highest BCUT2D eigenvalue weighted by molar-refractivity contribution is 7.89. The molecule has 0 bridgehead atoms. The van der Waals surface area contributed by atoms with E-state index in [-0.39, 0.29) is 16.1 Å². The van der Waals surface area contributed by atoms with Crippen LogP contribution in [-0.4, -0.2) is 39.4 Å². The van der Waals surface area contributed by atoms with Crippen molar-refractivity contribution >= 4 is 21.7 Å². The van der Waals surface area contributed by atoms with Crippen molar-refractivity contribution in [2.45, 2.75) is 17.7 Å². The summed E-state index contributed by atoms with van der Waals surface area (Å²) < 4.78 is 31.0. The number of hydrogen-bond donors (Lipinski definition) is 1. The molecule has 0 saturated heterocycles. The zero-order chi connectivity index (χ0) is 14.9. The molecular weight excluding hydrogens is 280 g/mol. The normalized spacial score (nSPS) is 15.3. The van der Waals surface area contributed by atoms with Gasteiger partial charge in [0.05, 0.1) is 17.6 Å². The predicted molar refractivity (Wildman–Crippen MR) is 74.7 cm³/mol. The van der Waals surface area contributed by atoms with Gasteiger partial charge in [-0.2, -0.15) is 0 Å². The van der Waals surface area contributed by atoms with Crippen molar-refractivity contribution in [2.75, 3.05) is 26.4 Å². The van der Waals surface area contributed by atoms with E-state index in [0.29, 0.717) is 12.5 Å². The monoisotopic (exact) mass is 298 g/mol. The molecule has 0 heterocycles. The van der Waals surface area contributed by atoms with E-state index in [0.717, 1.165) is 12.8 Å². The fraction of sp³-hybridized carbons (Fsp3) is 0.462. The molecule has 1 aliphatic carbocycles. The van der Waals surface area contributed by atoms with Crippen LogP contribution in [0.5, 0.6) is 0 Å². The minimum absolute atomic E-state index is 0.00402. The molecule has 6 nitrogen and oxygen atoms in total. The van der Waals surface area contributed by atoms with Gasteiger partial charge in [0.25, 0.3) is 0 Å². The molecule has 1 fully saturated rings. The number of nitrogens with two attached hydrogens (primary N) is 1. The van der Waals surface area contributed by atoms with Crippen LogP contribution in [0.1, 0.15) is 23.2 Å². The molecule has 2 rings (SSSR count). The van der Waals surface area contributed by atoms with E-state index in [1.54, 1.807) is 0 Å². The molecule has 0 aromatic heterocycles. The molecule has 20 heavy (non-hydrogen) atoms. The van der Waals surface area contributed by atoms with Gasteiger partial charge < -0.3 is 10.5 Å². The lowest BCUT2D eigenvalue weighted by atomic mass is 10.2. The number of sulfonamides is 1. The summed E-state index contributed by atoms with van der Waals surface area (Å²) in [5.41, 5.74) is 5.94. The number of hydrogen-bond acceptors (Lipinski definition) is 5. The number of carbonyl (C=O) groups excluding carboxylic acids is 1. The van der Waals surface area contributed by atoms with E-state index in [1.807, 2.05) is 0 Å². The summed E-state index contributed by atoms with van der Waals surface area (Å²) in [6.45, 7) is 0.456. The molecule has 7 heteroatoms. The molecule has 0 aliphatic heterocycles. The Bertz CT molecular complexity index is 623. The molecule has 0 unspecified atom stereocenters. The van der Waals surface area contributed by atoms with Gasteiger partial charge in [-0.15, -0.1) is 0 Å². The van der Waals surface area contributed by atoms with Gasteiger partial charge in [0.2, 0.25) is 10.0 Å².